The molecule has 4 N–H and O–H groups in total. The molecule has 16 nitrogen and oxygen atoms in total. The van der Waals surface area contributed by atoms with Crippen LogP contribution in [0.15, 0.2) is 122 Å². The number of esters is 3. The van der Waals surface area contributed by atoms with Gasteiger partial charge >= 0.3 is 33.6 Å². The molecule has 0 aliphatic heterocycles. The number of aliphatic hydroxyl groups excluding tert-OH is 2. The Bertz CT molecular complexity index is 2610. The third-order valence-corrected chi connectivity index (χ3v) is 22.5. The zero-order valence-corrected chi connectivity index (χ0v) is 76.6. The number of rotatable bonds is 91. The highest BCUT2D eigenvalue weighted by Gasteiger charge is 2.30. The summed E-state index contributed by atoms with van der Waals surface area (Å²) in [6.07, 6.45) is 113. The van der Waals surface area contributed by atoms with Crippen molar-refractivity contribution in [1.29, 1.82) is 0 Å². The zero-order chi connectivity index (χ0) is 85.1. The lowest BCUT2D eigenvalue weighted by molar-refractivity contribution is -0.161. The third kappa shape index (κ3) is 92.5. The van der Waals surface area contributed by atoms with Crippen molar-refractivity contribution in [3.8, 4) is 0 Å². The molecule has 0 aromatic rings. The zero-order valence-electron chi connectivity index (χ0n) is 74.9. The molecule has 0 saturated heterocycles. The Hall–Kier alpha value is -4.05. The van der Waals surface area contributed by atoms with E-state index >= 15 is 0 Å². The number of hydrogen-bond acceptors (Lipinski definition) is 14. The first-order valence-electron chi connectivity index (χ1n) is 47.8. The molecule has 678 valence electrons. The molecule has 0 heterocycles. The summed E-state index contributed by atoms with van der Waals surface area (Å²) in [5, 5.41) is 20.7. The number of unbranched alkanes of at least 4 members (excludes halogenated alkanes) is 48. The van der Waals surface area contributed by atoms with Gasteiger partial charge in [-0.3, -0.25) is 32.5 Å². The van der Waals surface area contributed by atoms with Gasteiger partial charge < -0.3 is 34.2 Å². The number of carbonyl (C=O) groups is 3. The van der Waals surface area contributed by atoms with E-state index in [0.717, 1.165) is 128 Å². The van der Waals surface area contributed by atoms with Crippen LogP contribution in [0.4, 0.5) is 0 Å². The predicted molar refractivity (Wildman–Crippen MR) is 491 cm³/mol. The Morgan fingerprint density at radius 1 is 0.239 bits per heavy atom. The van der Waals surface area contributed by atoms with Crippen molar-refractivity contribution in [3.05, 3.63) is 122 Å². The molecule has 18 heteroatoms. The second-order valence-electron chi connectivity index (χ2n) is 32.2. The van der Waals surface area contributed by atoms with Crippen molar-refractivity contribution in [3.63, 3.8) is 0 Å². The van der Waals surface area contributed by atoms with Crippen LogP contribution in [-0.4, -0.2) is 95.9 Å². The maximum Gasteiger partial charge on any atom is 0.472 e. The fraction of sp³-hybridized carbons (Fsp3) is 0.768. The smallest absolute Gasteiger partial charge is 0.463 e. The van der Waals surface area contributed by atoms with Gasteiger partial charge in [0.05, 0.1) is 26.4 Å². The highest BCUT2D eigenvalue weighted by Crippen LogP contribution is 2.45. The van der Waals surface area contributed by atoms with Gasteiger partial charge in [-0.2, -0.15) is 0 Å². The summed E-state index contributed by atoms with van der Waals surface area (Å²) < 4.78 is 61.4. The number of hydrogen-bond donors (Lipinski definition) is 4. The van der Waals surface area contributed by atoms with E-state index in [2.05, 4.69) is 142 Å². The van der Waals surface area contributed by atoms with Gasteiger partial charge in [0, 0.05) is 19.3 Å². The highest BCUT2D eigenvalue weighted by molar-refractivity contribution is 7.47. The quantitative estimate of drug-likeness (QED) is 0.0146. The summed E-state index contributed by atoms with van der Waals surface area (Å²) in [5.41, 5.74) is 0. The lowest BCUT2D eigenvalue weighted by atomic mass is 10.0. The molecule has 0 bridgehead atoms. The molecule has 0 radical (unpaired) electrons. The topological polar surface area (TPSA) is 231 Å². The second-order valence-corrected chi connectivity index (χ2v) is 35.1. The number of phosphoric ester groups is 2. The van der Waals surface area contributed by atoms with Gasteiger partial charge in [-0.25, -0.2) is 9.13 Å². The van der Waals surface area contributed by atoms with Crippen LogP contribution in [0.25, 0.3) is 0 Å². The monoisotopic (exact) mass is 1680 g/mol. The summed E-state index contributed by atoms with van der Waals surface area (Å²) in [7, 11) is -9.80. The molecule has 0 spiro atoms. The molecule has 0 aromatic carbocycles. The summed E-state index contributed by atoms with van der Waals surface area (Å²) in [4.78, 5) is 58.9. The van der Waals surface area contributed by atoms with Crippen LogP contribution in [0.1, 0.15) is 432 Å². The van der Waals surface area contributed by atoms with Crippen LogP contribution in [0.3, 0.4) is 0 Å². The van der Waals surface area contributed by atoms with Crippen LogP contribution in [0.5, 0.6) is 0 Å². The molecule has 5 atom stereocenters. The minimum Gasteiger partial charge on any atom is -0.463 e. The molecule has 0 aromatic heterocycles. The van der Waals surface area contributed by atoms with E-state index in [4.69, 9.17) is 32.3 Å². The Labute approximate surface area is 716 Å². The Balaban J connectivity index is 4.35. The normalized spacial score (nSPS) is 14.3. The van der Waals surface area contributed by atoms with Gasteiger partial charge in [0.15, 0.2) is 6.10 Å². The number of carbonyl (C=O) groups excluding carboxylic acids is 3. The van der Waals surface area contributed by atoms with Crippen molar-refractivity contribution in [2.75, 3.05) is 39.6 Å². The third-order valence-electron chi connectivity index (χ3n) is 20.6. The van der Waals surface area contributed by atoms with Crippen molar-refractivity contribution in [2.24, 2.45) is 0 Å². The fourth-order valence-corrected chi connectivity index (χ4v) is 14.9. The lowest BCUT2D eigenvalue weighted by Gasteiger charge is -2.21. The van der Waals surface area contributed by atoms with Gasteiger partial charge in [0.25, 0.3) is 0 Å². The van der Waals surface area contributed by atoms with Gasteiger partial charge in [0.2, 0.25) is 0 Å². The SMILES string of the molecule is CCC/C=C\C/C=C\CCCCCCCC(=O)OC(COC(=O)CCCCCCCCCCCCCCCCCCC/C=C\C/C=C\C/C=C\C/C=C\CCCCC)COP(=O)(O)OCC(O)COP(=O)(O)OCC(O)COC(=O)CCCCCCCCCCCCCCCCCCCCC/C=C\C/C=C\C/C=C\C/C=C\CCCCC. The Morgan fingerprint density at radius 3 is 0.709 bits per heavy atom. The van der Waals surface area contributed by atoms with E-state index in [9.17, 15) is 43.5 Å². The van der Waals surface area contributed by atoms with E-state index in [-0.39, 0.29) is 19.3 Å². The van der Waals surface area contributed by atoms with Crippen LogP contribution < -0.4 is 0 Å². The predicted octanol–water partition coefficient (Wildman–Crippen LogP) is 29.6. The van der Waals surface area contributed by atoms with E-state index in [1.807, 2.05) is 0 Å². The lowest BCUT2D eigenvalue weighted by Crippen LogP contribution is -2.30. The molecule has 0 aliphatic carbocycles. The molecule has 5 unspecified atom stereocenters. The van der Waals surface area contributed by atoms with Crippen molar-refractivity contribution in [2.45, 2.75) is 450 Å². The van der Waals surface area contributed by atoms with Crippen LogP contribution in [-0.2, 0) is 55.8 Å². The van der Waals surface area contributed by atoms with E-state index < -0.39 is 91.5 Å². The number of aliphatic hydroxyl groups is 2. The van der Waals surface area contributed by atoms with Crippen LogP contribution in [0, 0.1) is 0 Å². The van der Waals surface area contributed by atoms with E-state index in [1.165, 1.54) is 244 Å². The molecule has 117 heavy (non-hydrogen) atoms. The molecular weight excluding hydrogens is 1510 g/mol. The molecule has 0 fully saturated rings. The Morgan fingerprint density at radius 2 is 0.444 bits per heavy atom. The average Bonchev–Trinajstić information content (AvgIpc) is 0.879. The minimum absolute atomic E-state index is 0.0896. The largest absolute Gasteiger partial charge is 0.472 e. The first-order valence-corrected chi connectivity index (χ1v) is 50.8. The number of phosphoric acid groups is 2. The average molecular weight is 1680 g/mol. The van der Waals surface area contributed by atoms with Gasteiger partial charge in [0.1, 0.15) is 25.4 Å². The minimum atomic E-state index is -4.94. The van der Waals surface area contributed by atoms with Crippen LogP contribution >= 0.6 is 15.6 Å². The van der Waals surface area contributed by atoms with Gasteiger partial charge in [-0.05, 0) is 135 Å². The van der Waals surface area contributed by atoms with E-state index in [1.54, 1.807) is 0 Å². The first-order chi connectivity index (χ1) is 57.2. The molecule has 0 rings (SSSR count). The maximum atomic E-state index is 13.0. The maximum absolute atomic E-state index is 13.0. The highest BCUT2D eigenvalue weighted by atomic mass is 31.2. The van der Waals surface area contributed by atoms with Crippen LogP contribution in [0.2, 0.25) is 0 Å². The molecule has 0 aliphatic rings. The molecule has 0 amide bonds. The fourth-order valence-electron chi connectivity index (χ4n) is 13.3. The van der Waals surface area contributed by atoms with Crippen molar-refractivity contribution >= 4 is 33.6 Å². The standard InChI is InChI=1S/C99H176O16P2/c1-4-7-10-13-16-19-22-25-27-29-31-33-35-37-39-41-43-45-46-48-50-51-53-55-57-59-61-63-65-68-70-73-76-79-82-85-97(102)109-88-94(100)89-111-116(105,106)112-90-95(101)91-113-117(107,108)114-93-96(115-99(104)87-84-81-78-75-72-67-24-21-18-15-12-9-6-3)92-110-98(103)86-83-80-77-74-71-69-66-64-62-60-58-56-54-52-49-47-44-42-40-38-36-34-32-30-28-26-23-20-17-14-11-8-5-2/h12,15-17,19-21,24-28,31-34,37-40,94-96,100-101H,4-11,13-14,18,22-23,29-30,35-36,41-93H2,1-3H3,(H,105,106)(H,107,108)/b15-12-,19-16-,20-17-,24-21-,27-25-,28-26-,33-31-,34-32-,39-37-,40-38-. The summed E-state index contributed by atoms with van der Waals surface area (Å²) in [6.45, 7) is 2.61. The summed E-state index contributed by atoms with van der Waals surface area (Å²) in [5.74, 6) is -1.57. The Kier molecular flexibility index (Phi) is 88.0. The second kappa shape index (κ2) is 91.2. The van der Waals surface area contributed by atoms with Gasteiger partial charge in [-0.1, -0.05) is 399 Å². The number of allylic oxidation sites excluding steroid dienone is 20. The van der Waals surface area contributed by atoms with Gasteiger partial charge in [-0.15, -0.1) is 0 Å². The van der Waals surface area contributed by atoms with E-state index in [0.29, 0.717) is 19.3 Å². The summed E-state index contributed by atoms with van der Waals surface area (Å²) >= 11 is 0. The first kappa shape index (κ1) is 113. The number of ether oxygens (including phenoxy) is 3. The van der Waals surface area contributed by atoms with Crippen molar-refractivity contribution in [1.82, 2.24) is 0 Å². The van der Waals surface area contributed by atoms with Crippen molar-refractivity contribution < 1.29 is 75.8 Å². The molecule has 0 saturated carbocycles. The summed E-state index contributed by atoms with van der Waals surface area (Å²) in [6, 6.07) is 0. The molecular formula is C99H176O16P2.